The number of guanidine groups is 1. The number of aromatic nitrogens is 1. The first-order valence-electron chi connectivity index (χ1n) is 10.5. The third-order valence-electron chi connectivity index (χ3n) is 4.75. The predicted octanol–water partition coefficient (Wildman–Crippen LogP) is 2.48. The van der Waals surface area contributed by atoms with Crippen molar-refractivity contribution in [2.24, 2.45) is 4.99 Å². The summed E-state index contributed by atoms with van der Waals surface area (Å²) >= 11 is 0. The van der Waals surface area contributed by atoms with Gasteiger partial charge in [0.25, 0.3) is 0 Å². The molecule has 33 heavy (non-hydrogen) atoms. The van der Waals surface area contributed by atoms with Crippen molar-refractivity contribution < 1.29 is 19.0 Å². The van der Waals surface area contributed by atoms with Gasteiger partial charge in [0.1, 0.15) is 0 Å². The normalized spacial score (nSPS) is 10.6. The fourth-order valence-corrected chi connectivity index (χ4v) is 2.99. The van der Waals surface area contributed by atoms with Crippen molar-refractivity contribution in [3.8, 4) is 17.2 Å². The highest BCUT2D eigenvalue weighted by atomic mass is 127. The fraction of sp³-hybridized carbons (Fsp3) is 0.435. The number of hydrogen-bond acceptors (Lipinski definition) is 6. The highest BCUT2D eigenvalue weighted by Gasteiger charge is 2.14. The smallest absolute Gasteiger partial charge is 0.241 e. The molecule has 0 bridgehead atoms. The van der Waals surface area contributed by atoms with Crippen LogP contribution in [-0.2, 0) is 17.8 Å². The van der Waals surface area contributed by atoms with Crippen LogP contribution in [0.1, 0.15) is 18.2 Å². The lowest BCUT2D eigenvalue weighted by molar-refractivity contribution is -0.128. The van der Waals surface area contributed by atoms with Crippen LogP contribution in [-0.4, -0.2) is 69.8 Å². The van der Waals surface area contributed by atoms with Gasteiger partial charge in [-0.05, 0) is 36.8 Å². The highest BCUT2D eigenvalue weighted by molar-refractivity contribution is 14.0. The van der Waals surface area contributed by atoms with Gasteiger partial charge in [-0.3, -0.25) is 9.78 Å². The molecule has 0 spiro atoms. The van der Waals surface area contributed by atoms with Crippen molar-refractivity contribution in [3.05, 3.63) is 47.8 Å². The number of nitrogens with zero attached hydrogens (tertiary/aromatic N) is 3. The molecule has 0 aliphatic carbocycles. The Hall–Kier alpha value is -2.76. The van der Waals surface area contributed by atoms with Gasteiger partial charge in [-0.25, -0.2) is 4.99 Å². The molecule has 2 aromatic rings. The largest absolute Gasteiger partial charge is 0.493 e. The minimum atomic E-state index is -0.0284. The zero-order chi connectivity index (χ0) is 23.3. The third kappa shape index (κ3) is 8.95. The molecular formula is C23H34IN5O4. The summed E-state index contributed by atoms with van der Waals surface area (Å²) in [4.78, 5) is 23.0. The van der Waals surface area contributed by atoms with E-state index < -0.39 is 0 Å². The molecule has 0 saturated heterocycles. The molecule has 2 rings (SSSR count). The summed E-state index contributed by atoms with van der Waals surface area (Å²) in [5.74, 6) is 2.19. The van der Waals surface area contributed by atoms with Gasteiger partial charge in [0.2, 0.25) is 11.7 Å². The zero-order valence-electron chi connectivity index (χ0n) is 19.9. The fourth-order valence-electron chi connectivity index (χ4n) is 2.99. The molecule has 0 saturated carbocycles. The second kappa shape index (κ2) is 15.1. The van der Waals surface area contributed by atoms with E-state index in [0.717, 1.165) is 11.3 Å². The van der Waals surface area contributed by atoms with E-state index in [1.807, 2.05) is 37.3 Å². The average molecular weight is 571 g/mol. The summed E-state index contributed by atoms with van der Waals surface area (Å²) < 4.78 is 16.1. The number of ether oxygens (including phenoxy) is 3. The van der Waals surface area contributed by atoms with E-state index in [0.29, 0.717) is 49.3 Å². The van der Waals surface area contributed by atoms with Gasteiger partial charge in [0, 0.05) is 38.4 Å². The van der Waals surface area contributed by atoms with E-state index in [4.69, 9.17) is 14.2 Å². The molecule has 1 amide bonds. The lowest BCUT2D eigenvalue weighted by Gasteiger charge is -2.18. The van der Waals surface area contributed by atoms with Gasteiger partial charge in [-0.15, -0.1) is 24.0 Å². The van der Waals surface area contributed by atoms with Crippen LogP contribution < -0.4 is 24.8 Å². The molecular weight excluding hydrogens is 537 g/mol. The molecule has 1 heterocycles. The Morgan fingerprint density at radius 3 is 2.33 bits per heavy atom. The van der Waals surface area contributed by atoms with E-state index in [2.05, 4.69) is 20.6 Å². The average Bonchev–Trinajstić information content (AvgIpc) is 2.83. The lowest BCUT2D eigenvalue weighted by Crippen LogP contribution is -2.44. The van der Waals surface area contributed by atoms with Crippen molar-refractivity contribution >= 4 is 35.8 Å². The van der Waals surface area contributed by atoms with Crippen LogP contribution in [0.5, 0.6) is 17.2 Å². The second-order valence-corrected chi connectivity index (χ2v) is 6.97. The number of rotatable bonds is 11. The van der Waals surface area contributed by atoms with Gasteiger partial charge >= 0.3 is 0 Å². The van der Waals surface area contributed by atoms with Crippen LogP contribution in [0.15, 0.2) is 41.5 Å². The van der Waals surface area contributed by atoms with Crippen molar-refractivity contribution in [2.75, 3.05) is 48.0 Å². The summed E-state index contributed by atoms with van der Waals surface area (Å²) in [5, 5.41) is 6.25. The van der Waals surface area contributed by atoms with Crippen molar-refractivity contribution in [1.82, 2.24) is 20.5 Å². The maximum atomic E-state index is 12.5. The molecule has 1 aromatic heterocycles. The molecule has 1 aromatic carbocycles. The summed E-state index contributed by atoms with van der Waals surface area (Å²) in [6.45, 7) is 3.74. The van der Waals surface area contributed by atoms with E-state index >= 15 is 0 Å². The maximum Gasteiger partial charge on any atom is 0.241 e. The van der Waals surface area contributed by atoms with Crippen molar-refractivity contribution in [2.45, 2.75) is 19.9 Å². The maximum absolute atomic E-state index is 12.5. The molecule has 0 aliphatic heterocycles. The van der Waals surface area contributed by atoms with Gasteiger partial charge < -0.3 is 29.7 Å². The summed E-state index contributed by atoms with van der Waals surface area (Å²) in [6.07, 6.45) is 2.46. The molecule has 0 radical (unpaired) electrons. The standard InChI is InChI=1S/C23H33N5O4.HI/c1-6-24-23(26-15-17-13-19(30-3)22(32-5)20(14-17)31-4)27-16-21(29)28(2)12-10-18-9-7-8-11-25-18;/h7-9,11,13-14H,6,10,12,15-16H2,1-5H3,(H2,24,26,27);1H. The number of nitrogens with one attached hydrogen (secondary N) is 2. The predicted molar refractivity (Wildman–Crippen MR) is 140 cm³/mol. The van der Waals surface area contributed by atoms with E-state index in [-0.39, 0.29) is 36.4 Å². The van der Waals surface area contributed by atoms with E-state index in [1.54, 1.807) is 39.5 Å². The minimum Gasteiger partial charge on any atom is -0.493 e. The molecule has 0 unspecified atom stereocenters. The third-order valence-corrected chi connectivity index (χ3v) is 4.75. The van der Waals surface area contributed by atoms with Crippen LogP contribution in [0.25, 0.3) is 0 Å². The van der Waals surface area contributed by atoms with Crippen molar-refractivity contribution in [1.29, 1.82) is 0 Å². The molecule has 9 nitrogen and oxygen atoms in total. The number of benzene rings is 1. The van der Waals surface area contributed by atoms with E-state index in [1.165, 1.54) is 0 Å². The van der Waals surface area contributed by atoms with Crippen LogP contribution in [0, 0.1) is 0 Å². The molecule has 2 N–H and O–H groups in total. The zero-order valence-corrected chi connectivity index (χ0v) is 22.2. The number of halogens is 1. The number of carbonyl (C=O) groups is 1. The Bertz CT molecular complexity index is 871. The Labute approximate surface area is 212 Å². The van der Waals surface area contributed by atoms with Crippen LogP contribution in [0.3, 0.4) is 0 Å². The lowest BCUT2D eigenvalue weighted by atomic mass is 10.2. The van der Waals surface area contributed by atoms with Gasteiger partial charge in [-0.1, -0.05) is 6.07 Å². The number of likely N-dealkylation sites (N-methyl/N-ethyl adjacent to an activating group) is 1. The van der Waals surface area contributed by atoms with Gasteiger partial charge in [0.05, 0.1) is 34.4 Å². The van der Waals surface area contributed by atoms with Gasteiger partial charge in [-0.2, -0.15) is 0 Å². The first-order valence-corrected chi connectivity index (χ1v) is 10.5. The quantitative estimate of drug-likeness (QED) is 0.243. The monoisotopic (exact) mass is 571 g/mol. The van der Waals surface area contributed by atoms with Crippen LogP contribution in [0.2, 0.25) is 0 Å². The number of hydrogen-bond donors (Lipinski definition) is 2. The Morgan fingerprint density at radius 2 is 1.79 bits per heavy atom. The SMILES string of the molecule is CCNC(=NCc1cc(OC)c(OC)c(OC)c1)NCC(=O)N(C)CCc1ccccn1.I. The Kier molecular flexibility index (Phi) is 13.0. The molecule has 0 atom stereocenters. The molecule has 182 valence electrons. The molecule has 0 aliphatic rings. The number of methoxy groups -OCH3 is 3. The van der Waals surface area contributed by atoms with Crippen LogP contribution in [0.4, 0.5) is 0 Å². The first-order chi connectivity index (χ1) is 15.5. The topological polar surface area (TPSA) is 97.3 Å². The minimum absolute atomic E-state index is 0. The van der Waals surface area contributed by atoms with E-state index in [9.17, 15) is 4.79 Å². The summed E-state index contributed by atoms with van der Waals surface area (Å²) in [5.41, 5.74) is 1.84. The molecule has 0 fully saturated rings. The van der Waals surface area contributed by atoms with Crippen LogP contribution >= 0.6 is 24.0 Å². The number of carbonyl (C=O) groups excluding carboxylic acids is 1. The first kappa shape index (κ1) is 28.3. The Balaban J connectivity index is 0.00000544. The summed E-state index contributed by atoms with van der Waals surface area (Å²) in [6, 6.07) is 9.48. The second-order valence-electron chi connectivity index (χ2n) is 6.97. The highest BCUT2D eigenvalue weighted by Crippen LogP contribution is 2.38. The van der Waals surface area contributed by atoms with Gasteiger partial charge in [0.15, 0.2) is 17.5 Å². The van der Waals surface area contributed by atoms with Crippen molar-refractivity contribution in [3.63, 3.8) is 0 Å². The number of pyridine rings is 1. The number of amides is 1. The number of aliphatic imine (C=N–C) groups is 1. The Morgan fingerprint density at radius 1 is 1.09 bits per heavy atom. The molecule has 10 heteroatoms. The summed E-state index contributed by atoms with van der Waals surface area (Å²) in [7, 11) is 6.50.